The van der Waals surface area contributed by atoms with Crippen LogP contribution in [-0.2, 0) is 11.3 Å². The molecule has 1 spiro atoms. The molecular weight excluding hydrogens is 428 g/mol. The summed E-state index contributed by atoms with van der Waals surface area (Å²) in [5.74, 6) is 1.06. The topological polar surface area (TPSA) is 85.6 Å². The van der Waals surface area contributed by atoms with Crippen molar-refractivity contribution in [2.45, 2.75) is 45.3 Å². The number of likely N-dealkylation sites (tertiary alicyclic amines) is 1. The van der Waals surface area contributed by atoms with Crippen LogP contribution >= 0.6 is 0 Å². The van der Waals surface area contributed by atoms with Crippen LogP contribution < -0.4 is 4.90 Å². The Morgan fingerprint density at radius 2 is 1.76 bits per heavy atom. The molecule has 1 amide bonds. The van der Waals surface area contributed by atoms with Gasteiger partial charge in [-0.3, -0.25) is 9.80 Å². The van der Waals surface area contributed by atoms with E-state index >= 15 is 0 Å². The molecule has 8 heteroatoms. The molecule has 0 unspecified atom stereocenters. The number of anilines is 1. The van der Waals surface area contributed by atoms with Crippen LogP contribution in [0, 0.1) is 22.7 Å². The van der Waals surface area contributed by atoms with E-state index in [4.69, 9.17) is 10.00 Å². The van der Waals surface area contributed by atoms with Crippen LogP contribution in [0.25, 0.3) is 0 Å². The number of carbonyl (C=O) groups is 1. The summed E-state index contributed by atoms with van der Waals surface area (Å²) in [4.78, 5) is 27.9. The maximum Gasteiger partial charge on any atom is 0.410 e. The Morgan fingerprint density at radius 3 is 2.38 bits per heavy atom. The first-order valence-electron chi connectivity index (χ1n) is 12.1. The molecule has 0 radical (unpaired) electrons. The highest BCUT2D eigenvalue weighted by Crippen LogP contribution is 2.52. The van der Waals surface area contributed by atoms with Gasteiger partial charge in [-0.1, -0.05) is 30.3 Å². The lowest BCUT2D eigenvalue weighted by Crippen LogP contribution is -2.62. The molecule has 1 aromatic carbocycles. The summed E-state index contributed by atoms with van der Waals surface area (Å²) in [5, 5.41) is 8.94. The summed E-state index contributed by atoms with van der Waals surface area (Å²) >= 11 is 0. The predicted octanol–water partition coefficient (Wildman–Crippen LogP) is 3.30. The zero-order valence-corrected chi connectivity index (χ0v) is 19.9. The second kappa shape index (κ2) is 9.22. The van der Waals surface area contributed by atoms with E-state index in [0.717, 1.165) is 32.5 Å². The number of aromatic nitrogens is 2. The Balaban J connectivity index is 1.05. The van der Waals surface area contributed by atoms with Gasteiger partial charge >= 0.3 is 6.09 Å². The number of ether oxygens (including phenoxy) is 1. The Hall–Kier alpha value is -3.18. The van der Waals surface area contributed by atoms with Crippen molar-refractivity contribution < 1.29 is 9.53 Å². The van der Waals surface area contributed by atoms with Gasteiger partial charge in [-0.2, -0.15) is 5.26 Å². The number of nitriles is 1. The van der Waals surface area contributed by atoms with Crippen molar-refractivity contribution in [1.82, 2.24) is 19.8 Å². The van der Waals surface area contributed by atoms with E-state index in [-0.39, 0.29) is 18.2 Å². The molecular formula is C26H32N6O2. The normalized spacial score (nSPS) is 24.3. The summed E-state index contributed by atoms with van der Waals surface area (Å²) in [5.41, 5.74) is 2.26. The van der Waals surface area contributed by atoms with Crippen LogP contribution in [0.1, 0.15) is 37.8 Å². The molecule has 0 N–H and O–H groups in total. The first-order valence-corrected chi connectivity index (χ1v) is 12.1. The van der Waals surface area contributed by atoms with Gasteiger partial charge in [0.1, 0.15) is 6.07 Å². The molecule has 5 rings (SSSR count). The summed E-state index contributed by atoms with van der Waals surface area (Å²) in [6.07, 6.45) is 5.15. The van der Waals surface area contributed by atoms with Gasteiger partial charge in [0.15, 0.2) is 0 Å². The number of amides is 1. The lowest BCUT2D eigenvalue weighted by atomic mass is 9.58. The highest BCUT2D eigenvalue weighted by atomic mass is 16.6. The summed E-state index contributed by atoms with van der Waals surface area (Å²) < 4.78 is 5.77. The summed E-state index contributed by atoms with van der Waals surface area (Å²) in [6, 6.07) is 12.6. The van der Waals surface area contributed by atoms with E-state index in [2.05, 4.69) is 50.1 Å². The third-order valence-electron chi connectivity index (χ3n) is 7.43. The molecule has 3 fully saturated rings. The number of hydrogen-bond donors (Lipinski definition) is 0. The Kier molecular flexibility index (Phi) is 6.13. The molecule has 178 valence electrons. The first kappa shape index (κ1) is 22.6. The second-order valence-electron chi connectivity index (χ2n) is 10.4. The van der Waals surface area contributed by atoms with E-state index < -0.39 is 0 Å². The van der Waals surface area contributed by atoms with Gasteiger partial charge in [-0.05, 0) is 43.6 Å². The van der Waals surface area contributed by atoms with E-state index in [1.807, 2.05) is 24.8 Å². The Morgan fingerprint density at radius 1 is 1.12 bits per heavy atom. The van der Waals surface area contributed by atoms with Crippen molar-refractivity contribution >= 4 is 12.0 Å². The largest absolute Gasteiger partial charge is 0.449 e. The molecule has 34 heavy (non-hydrogen) atoms. The zero-order valence-electron chi connectivity index (χ0n) is 19.9. The highest BCUT2D eigenvalue weighted by molar-refractivity contribution is 5.69. The molecule has 2 aliphatic heterocycles. The second-order valence-corrected chi connectivity index (χ2v) is 10.4. The molecule has 0 bridgehead atoms. The fourth-order valence-electron chi connectivity index (χ4n) is 6.05. The van der Waals surface area contributed by atoms with Crippen molar-refractivity contribution in [2.24, 2.45) is 11.3 Å². The van der Waals surface area contributed by atoms with Gasteiger partial charge in [0.05, 0.1) is 36.6 Å². The molecule has 1 aromatic heterocycles. The molecule has 3 aliphatic rings. The minimum Gasteiger partial charge on any atom is -0.449 e. The van der Waals surface area contributed by atoms with E-state index in [0.29, 0.717) is 42.5 Å². The van der Waals surface area contributed by atoms with Crippen molar-refractivity contribution in [3.8, 4) is 6.07 Å². The van der Waals surface area contributed by atoms with Crippen molar-refractivity contribution in [3.05, 3.63) is 53.9 Å². The molecule has 1 saturated carbocycles. The summed E-state index contributed by atoms with van der Waals surface area (Å²) in [6.45, 7) is 9.17. The number of nitrogens with zero attached hydrogens (tertiary/aromatic N) is 6. The van der Waals surface area contributed by atoms with E-state index in [1.54, 1.807) is 0 Å². The monoisotopic (exact) mass is 460 g/mol. The fourth-order valence-corrected chi connectivity index (χ4v) is 6.05. The van der Waals surface area contributed by atoms with Gasteiger partial charge in [0.25, 0.3) is 0 Å². The Bertz CT molecular complexity index is 1030. The van der Waals surface area contributed by atoms with Crippen LogP contribution in [-0.4, -0.2) is 70.7 Å². The maximum absolute atomic E-state index is 12.9. The number of benzene rings is 1. The van der Waals surface area contributed by atoms with Gasteiger partial charge in [-0.25, -0.2) is 14.8 Å². The highest BCUT2D eigenvalue weighted by Gasteiger charge is 2.52. The van der Waals surface area contributed by atoms with Crippen molar-refractivity contribution in [3.63, 3.8) is 0 Å². The number of carbonyl (C=O) groups excluding carboxylic acids is 1. The lowest BCUT2D eigenvalue weighted by molar-refractivity contribution is -0.111. The third-order valence-corrected chi connectivity index (χ3v) is 7.43. The number of piperazine rings is 1. The molecule has 8 nitrogen and oxygen atoms in total. The lowest BCUT2D eigenvalue weighted by Gasteiger charge is -2.59. The van der Waals surface area contributed by atoms with Gasteiger partial charge < -0.3 is 9.64 Å². The van der Waals surface area contributed by atoms with Crippen molar-refractivity contribution in [2.75, 3.05) is 37.7 Å². The van der Waals surface area contributed by atoms with E-state index in [1.165, 1.54) is 18.0 Å². The minimum atomic E-state index is -0.222. The van der Waals surface area contributed by atoms with Crippen LogP contribution in [0.2, 0.25) is 0 Å². The SMILES string of the molecule is C[C@@H]1CN(c2ncc(C#N)cn2)C[C@H](C)N1C(=O)OCC1CC2(C1)CN(Cc1ccccc1)C2. The molecule has 2 aromatic rings. The van der Waals surface area contributed by atoms with Gasteiger partial charge in [0.2, 0.25) is 5.95 Å². The van der Waals surface area contributed by atoms with Gasteiger partial charge in [-0.15, -0.1) is 0 Å². The van der Waals surface area contributed by atoms with Crippen LogP contribution in [0.4, 0.5) is 10.7 Å². The minimum absolute atomic E-state index is 0.0126. The standard InChI is InChI=1S/C26H32N6O2/c1-19-13-31(24-28-11-23(10-27)12-29-24)14-20(2)32(19)25(33)34-16-22-8-26(9-22)17-30(18-26)15-21-6-4-3-5-7-21/h3-7,11-12,19-20,22H,8-9,13-18H2,1-2H3/t19-,20+. The average Bonchev–Trinajstić information content (AvgIpc) is 2.79. The molecule has 3 heterocycles. The predicted molar refractivity (Wildman–Crippen MR) is 128 cm³/mol. The average molecular weight is 461 g/mol. The quantitative estimate of drug-likeness (QED) is 0.677. The smallest absolute Gasteiger partial charge is 0.410 e. The van der Waals surface area contributed by atoms with Crippen LogP contribution in [0.3, 0.4) is 0 Å². The van der Waals surface area contributed by atoms with Crippen LogP contribution in [0.5, 0.6) is 0 Å². The third kappa shape index (κ3) is 4.58. The number of hydrogen-bond acceptors (Lipinski definition) is 7. The fraction of sp³-hybridized carbons (Fsp3) is 0.538. The molecule has 2 saturated heterocycles. The molecule has 2 atom stereocenters. The van der Waals surface area contributed by atoms with Crippen molar-refractivity contribution in [1.29, 1.82) is 5.26 Å². The van der Waals surface area contributed by atoms with Crippen LogP contribution in [0.15, 0.2) is 42.7 Å². The van der Waals surface area contributed by atoms with E-state index in [9.17, 15) is 4.79 Å². The number of rotatable bonds is 5. The van der Waals surface area contributed by atoms with Gasteiger partial charge in [0, 0.05) is 32.7 Å². The maximum atomic E-state index is 12.9. The summed E-state index contributed by atoms with van der Waals surface area (Å²) in [7, 11) is 0. The Labute approximate surface area is 201 Å². The first-order chi connectivity index (χ1) is 16.4. The molecule has 1 aliphatic carbocycles. The zero-order chi connectivity index (χ0) is 23.7.